The average Bonchev–Trinajstić information content (AvgIpc) is 2.17. The number of pyridine rings is 1. The minimum absolute atomic E-state index is 0.267. The number of carbonyl (C=O) groups is 1. The molecule has 0 aliphatic rings. The fourth-order valence-electron chi connectivity index (χ4n) is 0.678. The van der Waals surface area contributed by atoms with Crippen LogP contribution in [0.15, 0.2) is 18.3 Å². The first-order valence-corrected chi connectivity index (χ1v) is 3.15. The zero-order chi connectivity index (χ0) is 8.97. The van der Waals surface area contributed by atoms with Gasteiger partial charge in [0.25, 0.3) is 5.91 Å². The number of rotatable bonds is 1. The van der Waals surface area contributed by atoms with E-state index in [0.29, 0.717) is 5.56 Å². The fourth-order valence-corrected chi connectivity index (χ4v) is 0.678. The Kier molecular flexibility index (Phi) is 2.35. The van der Waals surface area contributed by atoms with Crippen LogP contribution in [0.5, 0.6) is 0 Å². The predicted octanol–water partition coefficient (Wildman–Crippen LogP) is -0.443. The monoisotopic (exact) mass is 162 g/mol. The average molecular weight is 162 g/mol. The van der Waals surface area contributed by atoms with Crippen LogP contribution in [0.4, 0.5) is 0 Å². The molecule has 1 aromatic heterocycles. The Bertz CT molecular complexity index is 324. The van der Waals surface area contributed by atoms with E-state index in [1.165, 1.54) is 18.3 Å². The maximum Gasteiger partial charge on any atom is 0.266 e. The lowest BCUT2D eigenvalue weighted by atomic mass is 10.2. The zero-order valence-corrected chi connectivity index (χ0v) is 6.11. The van der Waals surface area contributed by atoms with Crippen LogP contribution in [0.25, 0.3) is 0 Å². The molecule has 0 spiro atoms. The van der Waals surface area contributed by atoms with Gasteiger partial charge < -0.3 is 0 Å². The van der Waals surface area contributed by atoms with Crippen molar-refractivity contribution >= 4 is 5.91 Å². The summed E-state index contributed by atoms with van der Waals surface area (Å²) in [4.78, 5) is 14.5. The van der Waals surface area contributed by atoms with Gasteiger partial charge in [-0.15, -0.1) is 0 Å². The van der Waals surface area contributed by atoms with Crippen molar-refractivity contribution in [1.82, 2.24) is 10.4 Å². The van der Waals surface area contributed by atoms with Crippen molar-refractivity contribution in [3.8, 4) is 6.07 Å². The van der Waals surface area contributed by atoms with Crippen LogP contribution < -0.4 is 11.3 Å². The van der Waals surface area contributed by atoms with Gasteiger partial charge in [0.05, 0.1) is 5.56 Å². The van der Waals surface area contributed by atoms with E-state index in [9.17, 15) is 4.79 Å². The molecule has 0 aliphatic heterocycles. The SMILES string of the molecule is N#Cc1ccc(C(=O)NN)cn1. The fraction of sp³-hybridized carbons (Fsp3) is 0. The number of aromatic nitrogens is 1. The molecule has 5 heteroatoms. The summed E-state index contributed by atoms with van der Waals surface area (Å²) >= 11 is 0. The van der Waals surface area contributed by atoms with E-state index in [2.05, 4.69) is 4.98 Å². The molecule has 1 aromatic rings. The summed E-state index contributed by atoms with van der Waals surface area (Å²) in [6, 6.07) is 4.77. The van der Waals surface area contributed by atoms with Gasteiger partial charge in [-0.05, 0) is 12.1 Å². The molecule has 1 heterocycles. The van der Waals surface area contributed by atoms with Crippen LogP contribution >= 0.6 is 0 Å². The largest absolute Gasteiger partial charge is 0.290 e. The standard InChI is InChI=1S/C7H6N4O/c8-3-6-2-1-5(4-10-6)7(12)11-9/h1-2,4H,9H2,(H,11,12). The summed E-state index contributed by atoms with van der Waals surface area (Å²) in [6.07, 6.45) is 1.29. The lowest BCUT2D eigenvalue weighted by Gasteiger charge is -1.96. The molecule has 0 radical (unpaired) electrons. The highest BCUT2D eigenvalue weighted by Crippen LogP contribution is 1.97. The lowest BCUT2D eigenvalue weighted by molar-refractivity contribution is 0.0953. The molecule has 0 atom stereocenters. The molecule has 0 aliphatic carbocycles. The Morgan fingerprint density at radius 1 is 1.67 bits per heavy atom. The zero-order valence-electron chi connectivity index (χ0n) is 6.11. The molecular formula is C7H6N4O. The van der Waals surface area contributed by atoms with Crippen LogP contribution in [-0.4, -0.2) is 10.9 Å². The van der Waals surface area contributed by atoms with Crippen molar-refractivity contribution < 1.29 is 4.79 Å². The highest BCUT2D eigenvalue weighted by Gasteiger charge is 2.02. The van der Waals surface area contributed by atoms with E-state index >= 15 is 0 Å². The molecule has 0 saturated heterocycles. The van der Waals surface area contributed by atoms with Crippen LogP contribution in [0.2, 0.25) is 0 Å². The molecule has 0 bridgehead atoms. The third kappa shape index (κ3) is 1.56. The smallest absolute Gasteiger partial charge is 0.266 e. The molecule has 12 heavy (non-hydrogen) atoms. The van der Waals surface area contributed by atoms with Gasteiger partial charge in [-0.25, -0.2) is 10.8 Å². The summed E-state index contributed by atoms with van der Waals surface area (Å²) in [5, 5.41) is 8.39. The van der Waals surface area contributed by atoms with Crippen LogP contribution in [0.3, 0.4) is 0 Å². The summed E-state index contributed by atoms with van der Waals surface area (Å²) in [5.41, 5.74) is 2.55. The second-order valence-corrected chi connectivity index (χ2v) is 2.02. The second kappa shape index (κ2) is 3.46. The summed E-state index contributed by atoms with van der Waals surface area (Å²) in [6.45, 7) is 0. The first-order valence-electron chi connectivity index (χ1n) is 3.15. The van der Waals surface area contributed by atoms with Crippen molar-refractivity contribution in [1.29, 1.82) is 5.26 Å². The summed E-state index contributed by atoms with van der Waals surface area (Å²) in [5.74, 6) is 4.46. The number of nitriles is 1. The molecule has 5 nitrogen and oxygen atoms in total. The van der Waals surface area contributed by atoms with Gasteiger partial charge in [0, 0.05) is 6.20 Å². The maximum atomic E-state index is 10.9. The Morgan fingerprint density at radius 2 is 2.42 bits per heavy atom. The van der Waals surface area contributed by atoms with Gasteiger partial charge in [-0.2, -0.15) is 5.26 Å². The maximum absolute atomic E-state index is 10.9. The number of amides is 1. The van der Waals surface area contributed by atoms with Crippen molar-refractivity contribution in [3.63, 3.8) is 0 Å². The van der Waals surface area contributed by atoms with Gasteiger partial charge in [0.1, 0.15) is 11.8 Å². The molecule has 0 fully saturated rings. The van der Waals surface area contributed by atoms with Gasteiger partial charge in [-0.1, -0.05) is 0 Å². The Labute approximate surface area is 68.8 Å². The summed E-state index contributed by atoms with van der Waals surface area (Å²) in [7, 11) is 0. The number of nitrogens with one attached hydrogen (secondary N) is 1. The second-order valence-electron chi connectivity index (χ2n) is 2.02. The van der Waals surface area contributed by atoms with Crippen LogP contribution in [0.1, 0.15) is 16.1 Å². The van der Waals surface area contributed by atoms with Crippen molar-refractivity contribution in [3.05, 3.63) is 29.6 Å². The molecule has 3 N–H and O–H groups in total. The highest BCUT2D eigenvalue weighted by molar-refractivity contribution is 5.93. The summed E-state index contributed by atoms with van der Waals surface area (Å²) < 4.78 is 0. The first-order chi connectivity index (χ1) is 5.77. The van der Waals surface area contributed by atoms with E-state index in [-0.39, 0.29) is 5.69 Å². The van der Waals surface area contributed by atoms with Crippen molar-refractivity contribution in [2.75, 3.05) is 0 Å². The number of nitrogens with zero attached hydrogens (tertiary/aromatic N) is 2. The van der Waals surface area contributed by atoms with Crippen LogP contribution in [0, 0.1) is 11.3 Å². The van der Waals surface area contributed by atoms with E-state index < -0.39 is 5.91 Å². The first kappa shape index (κ1) is 8.17. The third-order valence-corrected chi connectivity index (χ3v) is 1.27. The van der Waals surface area contributed by atoms with E-state index in [1.807, 2.05) is 11.5 Å². The Balaban J connectivity index is 2.94. The number of hydrogen-bond donors (Lipinski definition) is 2. The van der Waals surface area contributed by atoms with Gasteiger partial charge in [0.2, 0.25) is 0 Å². The van der Waals surface area contributed by atoms with Crippen molar-refractivity contribution in [2.45, 2.75) is 0 Å². The molecule has 1 rings (SSSR count). The predicted molar refractivity (Wildman–Crippen MR) is 40.6 cm³/mol. The minimum atomic E-state index is -0.424. The quantitative estimate of drug-likeness (QED) is 0.332. The molecule has 60 valence electrons. The third-order valence-electron chi connectivity index (χ3n) is 1.27. The molecule has 0 unspecified atom stereocenters. The molecule has 0 saturated carbocycles. The lowest BCUT2D eigenvalue weighted by Crippen LogP contribution is -2.30. The number of nitrogens with two attached hydrogens (primary N) is 1. The van der Waals surface area contributed by atoms with Gasteiger partial charge >= 0.3 is 0 Å². The van der Waals surface area contributed by atoms with Gasteiger partial charge in [0.15, 0.2) is 0 Å². The number of hydrogen-bond acceptors (Lipinski definition) is 4. The molecule has 1 amide bonds. The number of hydrazine groups is 1. The van der Waals surface area contributed by atoms with Crippen LogP contribution in [-0.2, 0) is 0 Å². The molecular weight excluding hydrogens is 156 g/mol. The number of nitrogen functional groups attached to an aromatic ring is 1. The minimum Gasteiger partial charge on any atom is -0.290 e. The van der Waals surface area contributed by atoms with Crippen molar-refractivity contribution in [2.24, 2.45) is 5.84 Å². The van der Waals surface area contributed by atoms with E-state index in [0.717, 1.165) is 0 Å². The highest BCUT2D eigenvalue weighted by atomic mass is 16.2. The number of carbonyl (C=O) groups excluding carboxylic acids is 1. The van der Waals surface area contributed by atoms with Gasteiger partial charge in [-0.3, -0.25) is 10.2 Å². The Morgan fingerprint density at radius 3 is 2.83 bits per heavy atom. The Hall–Kier alpha value is -1.93. The van der Waals surface area contributed by atoms with E-state index in [4.69, 9.17) is 11.1 Å². The molecule has 0 aromatic carbocycles. The van der Waals surface area contributed by atoms with E-state index in [1.54, 1.807) is 0 Å². The normalized spacial score (nSPS) is 8.67. The topological polar surface area (TPSA) is 91.8 Å².